The Hall–Kier alpha value is -3.49. The predicted octanol–water partition coefficient (Wildman–Crippen LogP) is 5.33. The number of aromatic nitrogens is 4. The zero-order valence-electron chi connectivity index (χ0n) is 17.2. The fraction of sp³-hybridized carbons (Fsp3) is 0.130. The monoisotopic (exact) mass is 464 g/mol. The average Bonchev–Trinajstić information content (AvgIpc) is 3.39. The summed E-state index contributed by atoms with van der Waals surface area (Å²) < 4.78 is 12.3. The number of carbonyl (C=O) groups excluding carboxylic acids is 1. The maximum absolute atomic E-state index is 12.1. The van der Waals surface area contributed by atoms with E-state index in [1.165, 1.54) is 18.4 Å². The topological polar surface area (TPSA) is 78.6 Å². The normalized spacial score (nSPS) is 11.2. The van der Waals surface area contributed by atoms with Crippen LogP contribution in [-0.4, -0.2) is 32.7 Å². The van der Waals surface area contributed by atoms with Gasteiger partial charge in [0.05, 0.1) is 12.5 Å². The Morgan fingerprint density at radius 1 is 1.12 bits per heavy atom. The number of methoxy groups -OCH3 is 1. The van der Waals surface area contributed by atoms with Gasteiger partial charge in [0, 0.05) is 10.6 Å². The Bertz CT molecular complexity index is 1440. The molecule has 0 bridgehead atoms. The zero-order chi connectivity index (χ0) is 22.2. The molecule has 160 valence electrons. The summed E-state index contributed by atoms with van der Waals surface area (Å²) in [7, 11) is 1.37. The maximum atomic E-state index is 12.1. The van der Waals surface area contributed by atoms with E-state index in [-0.39, 0.29) is 5.97 Å². The molecule has 3 heterocycles. The standard InChI is InChI=1S/C23H17ClN4O3S/c1-13-18-21-26-20(27-28(21)12-25-22(18)32-19(13)23(29)30-2)15-5-3-14(4-6-15)11-31-17-9-7-16(24)8-10-17/h3-10,12H,11H2,1-2H3. The Balaban J connectivity index is 1.43. The van der Waals surface area contributed by atoms with Crippen molar-refractivity contribution in [1.29, 1.82) is 0 Å². The van der Waals surface area contributed by atoms with Gasteiger partial charge >= 0.3 is 5.97 Å². The van der Waals surface area contributed by atoms with Crippen molar-refractivity contribution >= 4 is 44.8 Å². The molecule has 0 N–H and O–H groups in total. The minimum atomic E-state index is -0.375. The second-order valence-electron chi connectivity index (χ2n) is 7.12. The van der Waals surface area contributed by atoms with E-state index in [2.05, 4.69) is 10.1 Å². The number of ether oxygens (including phenoxy) is 2. The number of hydrogen-bond acceptors (Lipinski definition) is 7. The van der Waals surface area contributed by atoms with E-state index in [1.807, 2.05) is 43.3 Å². The van der Waals surface area contributed by atoms with E-state index < -0.39 is 0 Å². The van der Waals surface area contributed by atoms with Crippen molar-refractivity contribution in [3.63, 3.8) is 0 Å². The summed E-state index contributed by atoms with van der Waals surface area (Å²) in [6, 6.07) is 15.1. The lowest BCUT2D eigenvalue weighted by Crippen LogP contribution is -1.99. The highest BCUT2D eigenvalue weighted by atomic mass is 35.5. The van der Waals surface area contributed by atoms with Crippen LogP contribution in [0.2, 0.25) is 5.02 Å². The zero-order valence-corrected chi connectivity index (χ0v) is 18.8. The van der Waals surface area contributed by atoms with Crippen LogP contribution in [0.1, 0.15) is 20.8 Å². The fourth-order valence-corrected chi connectivity index (χ4v) is 4.58. The van der Waals surface area contributed by atoms with Crippen molar-refractivity contribution in [2.24, 2.45) is 0 Å². The molecule has 0 unspecified atom stereocenters. The number of rotatable bonds is 5. The van der Waals surface area contributed by atoms with Gasteiger partial charge in [-0.2, -0.15) is 0 Å². The quantitative estimate of drug-likeness (QED) is 0.327. The first-order valence-corrected chi connectivity index (χ1v) is 10.9. The van der Waals surface area contributed by atoms with E-state index in [4.69, 9.17) is 26.1 Å². The molecule has 3 aromatic heterocycles. The maximum Gasteiger partial charge on any atom is 0.348 e. The summed E-state index contributed by atoms with van der Waals surface area (Å²) in [4.78, 5) is 22.5. The molecule has 5 aromatic rings. The summed E-state index contributed by atoms with van der Waals surface area (Å²) in [5, 5.41) is 6.05. The molecular formula is C23H17ClN4O3S. The molecule has 0 amide bonds. The third-order valence-corrected chi connectivity index (χ3v) is 6.50. The van der Waals surface area contributed by atoms with Gasteiger partial charge in [-0.3, -0.25) is 0 Å². The summed E-state index contributed by atoms with van der Waals surface area (Å²) >= 11 is 7.20. The second-order valence-corrected chi connectivity index (χ2v) is 8.55. The molecular weight excluding hydrogens is 448 g/mol. The van der Waals surface area contributed by atoms with Crippen molar-refractivity contribution in [2.75, 3.05) is 7.11 Å². The van der Waals surface area contributed by atoms with Gasteiger partial charge < -0.3 is 9.47 Å². The molecule has 0 aliphatic heterocycles. The molecule has 0 radical (unpaired) electrons. The first kappa shape index (κ1) is 20.4. The highest BCUT2D eigenvalue weighted by Crippen LogP contribution is 2.32. The highest BCUT2D eigenvalue weighted by molar-refractivity contribution is 7.20. The second kappa shape index (κ2) is 8.22. The van der Waals surface area contributed by atoms with Crippen LogP contribution >= 0.6 is 22.9 Å². The third-order valence-electron chi connectivity index (χ3n) is 5.07. The van der Waals surface area contributed by atoms with Crippen LogP contribution in [0.5, 0.6) is 5.75 Å². The number of aryl methyl sites for hydroxylation is 1. The van der Waals surface area contributed by atoms with Crippen molar-refractivity contribution in [1.82, 2.24) is 19.6 Å². The molecule has 0 spiro atoms. The summed E-state index contributed by atoms with van der Waals surface area (Å²) in [6.07, 6.45) is 1.61. The molecule has 0 fully saturated rings. The van der Waals surface area contributed by atoms with Gasteiger partial charge in [0.2, 0.25) is 0 Å². The van der Waals surface area contributed by atoms with E-state index in [0.29, 0.717) is 28.0 Å². The molecule has 0 saturated heterocycles. The van der Waals surface area contributed by atoms with Crippen molar-refractivity contribution in [3.8, 4) is 17.1 Å². The van der Waals surface area contributed by atoms with E-state index in [1.54, 1.807) is 23.0 Å². The van der Waals surface area contributed by atoms with E-state index >= 15 is 0 Å². The van der Waals surface area contributed by atoms with Crippen LogP contribution in [0.3, 0.4) is 0 Å². The van der Waals surface area contributed by atoms with Crippen LogP contribution in [0.25, 0.3) is 27.3 Å². The van der Waals surface area contributed by atoms with Gasteiger partial charge in [-0.15, -0.1) is 16.4 Å². The lowest BCUT2D eigenvalue weighted by atomic mass is 10.1. The Morgan fingerprint density at radius 2 is 1.88 bits per heavy atom. The average molecular weight is 465 g/mol. The van der Waals surface area contributed by atoms with E-state index in [9.17, 15) is 4.79 Å². The summed E-state index contributed by atoms with van der Waals surface area (Å²) in [6.45, 7) is 2.31. The van der Waals surface area contributed by atoms with Crippen LogP contribution in [-0.2, 0) is 11.3 Å². The minimum absolute atomic E-state index is 0.375. The number of carbonyl (C=O) groups is 1. The molecule has 5 rings (SSSR count). The van der Waals surface area contributed by atoms with Gasteiger partial charge in [-0.1, -0.05) is 35.9 Å². The minimum Gasteiger partial charge on any atom is -0.489 e. The lowest BCUT2D eigenvalue weighted by molar-refractivity contribution is 0.0605. The molecule has 0 atom stereocenters. The van der Waals surface area contributed by atoms with Gasteiger partial charge in [0.1, 0.15) is 28.4 Å². The molecule has 0 aliphatic carbocycles. The smallest absolute Gasteiger partial charge is 0.348 e. The van der Waals surface area contributed by atoms with Gasteiger partial charge in [0.25, 0.3) is 0 Å². The Kier molecular flexibility index (Phi) is 5.24. The van der Waals surface area contributed by atoms with Gasteiger partial charge in [-0.25, -0.2) is 19.3 Å². The van der Waals surface area contributed by atoms with Crippen molar-refractivity contribution in [2.45, 2.75) is 13.5 Å². The molecule has 0 aliphatic rings. The van der Waals surface area contributed by atoms with Crippen molar-refractivity contribution in [3.05, 3.63) is 75.9 Å². The first-order chi connectivity index (χ1) is 15.5. The number of halogens is 1. The first-order valence-electron chi connectivity index (χ1n) is 9.74. The van der Waals surface area contributed by atoms with Gasteiger partial charge in [-0.05, 0) is 42.3 Å². The Morgan fingerprint density at radius 3 is 2.59 bits per heavy atom. The Labute approximate surface area is 192 Å². The number of fused-ring (bicyclic) bond motifs is 3. The molecule has 32 heavy (non-hydrogen) atoms. The number of hydrogen-bond donors (Lipinski definition) is 0. The molecule has 7 nitrogen and oxygen atoms in total. The molecule has 9 heteroatoms. The molecule has 2 aromatic carbocycles. The number of esters is 1. The van der Waals surface area contributed by atoms with Gasteiger partial charge in [0.15, 0.2) is 11.5 Å². The largest absolute Gasteiger partial charge is 0.489 e. The number of benzene rings is 2. The predicted molar refractivity (Wildman–Crippen MR) is 123 cm³/mol. The third kappa shape index (κ3) is 3.68. The van der Waals surface area contributed by atoms with Crippen LogP contribution in [0.15, 0.2) is 54.9 Å². The van der Waals surface area contributed by atoms with Crippen LogP contribution in [0.4, 0.5) is 0 Å². The summed E-state index contributed by atoms with van der Waals surface area (Å²) in [5.74, 6) is 0.962. The number of thiophene rings is 1. The SMILES string of the molecule is COC(=O)c1sc2ncn3nc(-c4ccc(COc5ccc(Cl)cc5)cc4)nc3c2c1C. The van der Waals surface area contributed by atoms with Crippen LogP contribution in [0, 0.1) is 6.92 Å². The van der Waals surface area contributed by atoms with Crippen molar-refractivity contribution < 1.29 is 14.3 Å². The molecule has 0 saturated carbocycles. The summed E-state index contributed by atoms with van der Waals surface area (Å²) in [5.41, 5.74) is 3.35. The lowest BCUT2D eigenvalue weighted by Gasteiger charge is -2.06. The van der Waals surface area contributed by atoms with Crippen LogP contribution < -0.4 is 4.74 Å². The fourth-order valence-electron chi connectivity index (χ4n) is 3.39. The van der Waals surface area contributed by atoms with E-state index in [0.717, 1.165) is 32.7 Å². The number of nitrogens with zero attached hydrogens (tertiary/aromatic N) is 4. The highest BCUT2D eigenvalue weighted by Gasteiger charge is 2.20.